The van der Waals surface area contributed by atoms with E-state index in [9.17, 15) is 9.59 Å². The molecule has 148 valence electrons. The van der Waals surface area contributed by atoms with Gasteiger partial charge in [0.2, 0.25) is 5.91 Å². The molecule has 1 aromatic heterocycles. The molecule has 0 saturated carbocycles. The van der Waals surface area contributed by atoms with Gasteiger partial charge in [0.05, 0.1) is 23.1 Å². The fourth-order valence-corrected chi connectivity index (χ4v) is 4.29. The van der Waals surface area contributed by atoms with Gasteiger partial charge < -0.3 is 5.32 Å². The Morgan fingerprint density at radius 1 is 0.966 bits per heavy atom. The molecule has 0 spiro atoms. The van der Waals surface area contributed by atoms with Crippen LogP contribution in [-0.4, -0.2) is 15.0 Å². The lowest BCUT2D eigenvalue weighted by molar-refractivity contribution is -0.115. The van der Waals surface area contributed by atoms with E-state index in [0.29, 0.717) is 18.8 Å². The van der Waals surface area contributed by atoms with Crippen LogP contribution in [0, 0.1) is 0 Å². The second-order valence-corrected chi connectivity index (χ2v) is 7.81. The number of nitrogens with zero attached hydrogens (tertiary/aromatic N) is 2. The third-order valence-electron chi connectivity index (χ3n) is 5.25. The van der Waals surface area contributed by atoms with Crippen LogP contribution in [0.15, 0.2) is 63.9 Å². The van der Waals surface area contributed by atoms with Crippen molar-refractivity contribution in [3.05, 3.63) is 75.1 Å². The quantitative estimate of drug-likeness (QED) is 0.467. The molecule has 1 heterocycles. The minimum absolute atomic E-state index is 0.0314. The van der Waals surface area contributed by atoms with E-state index in [2.05, 4.69) is 21.2 Å². The lowest BCUT2D eigenvalue weighted by Gasteiger charge is -2.10. The second kappa shape index (κ2) is 7.87. The predicted molar refractivity (Wildman–Crippen MR) is 122 cm³/mol. The number of aromatic nitrogens is 2. The molecule has 0 saturated heterocycles. The fraction of sp³-hybridized carbons (Fsp3) is 0.217. The molecule has 4 rings (SSSR count). The summed E-state index contributed by atoms with van der Waals surface area (Å²) in [5, 5.41) is 5.20. The Kier molecular flexibility index (Phi) is 5.28. The molecular formula is C23H22BrN3O2. The van der Waals surface area contributed by atoms with E-state index < -0.39 is 0 Å². The fourth-order valence-electron chi connectivity index (χ4n) is 3.86. The topological polar surface area (TPSA) is 56.0 Å². The SMILES string of the molecule is CCn1c(=O)n(CC)c2cc(NC(=O)Cc3cccc4ccccc34)c(Br)cc21. The number of carbonyl (C=O) groups excluding carboxylic acids is 1. The summed E-state index contributed by atoms with van der Waals surface area (Å²) in [5.74, 6) is -0.0956. The van der Waals surface area contributed by atoms with E-state index in [0.717, 1.165) is 31.8 Å². The lowest BCUT2D eigenvalue weighted by atomic mass is 10.0. The highest BCUT2D eigenvalue weighted by molar-refractivity contribution is 9.10. The Morgan fingerprint density at radius 3 is 2.34 bits per heavy atom. The zero-order valence-corrected chi connectivity index (χ0v) is 18.0. The smallest absolute Gasteiger partial charge is 0.325 e. The molecule has 0 bridgehead atoms. The third kappa shape index (κ3) is 3.49. The van der Waals surface area contributed by atoms with Gasteiger partial charge >= 0.3 is 5.69 Å². The van der Waals surface area contributed by atoms with Gasteiger partial charge in [-0.25, -0.2) is 4.79 Å². The van der Waals surface area contributed by atoms with Crippen LogP contribution in [0.3, 0.4) is 0 Å². The molecule has 1 amide bonds. The van der Waals surface area contributed by atoms with Crippen LogP contribution in [0.2, 0.25) is 0 Å². The Bertz CT molecular complexity index is 1280. The molecule has 29 heavy (non-hydrogen) atoms. The first-order valence-corrected chi connectivity index (χ1v) is 10.5. The van der Waals surface area contributed by atoms with Crippen LogP contribution in [-0.2, 0) is 24.3 Å². The maximum absolute atomic E-state index is 12.8. The van der Waals surface area contributed by atoms with Crippen molar-refractivity contribution in [2.45, 2.75) is 33.4 Å². The molecule has 5 nitrogen and oxygen atoms in total. The molecular weight excluding hydrogens is 430 g/mol. The van der Waals surface area contributed by atoms with Crippen molar-refractivity contribution in [3.63, 3.8) is 0 Å². The van der Waals surface area contributed by atoms with Gasteiger partial charge in [0.25, 0.3) is 0 Å². The number of anilines is 1. The first-order valence-electron chi connectivity index (χ1n) is 9.72. The molecule has 3 aromatic carbocycles. The van der Waals surface area contributed by atoms with E-state index in [1.54, 1.807) is 9.13 Å². The average molecular weight is 452 g/mol. The summed E-state index contributed by atoms with van der Waals surface area (Å²) in [7, 11) is 0. The lowest BCUT2D eigenvalue weighted by Crippen LogP contribution is -2.23. The van der Waals surface area contributed by atoms with Gasteiger partial charge in [0, 0.05) is 17.6 Å². The molecule has 4 aromatic rings. The number of benzene rings is 3. The number of carbonyl (C=O) groups is 1. The van der Waals surface area contributed by atoms with Crippen LogP contribution in [0.5, 0.6) is 0 Å². The molecule has 6 heteroatoms. The zero-order valence-electron chi connectivity index (χ0n) is 16.4. The van der Waals surface area contributed by atoms with Crippen molar-refractivity contribution >= 4 is 49.3 Å². The molecule has 0 fully saturated rings. The minimum atomic E-state index is -0.0956. The van der Waals surface area contributed by atoms with E-state index in [4.69, 9.17) is 0 Å². The highest BCUT2D eigenvalue weighted by atomic mass is 79.9. The summed E-state index contributed by atoms with van der Waals surface area (Å²) >= 11 is 3.55. The Morgan fingerprint density at radius 2 is 1.62 bits per heavy atom. The highest BCUT2D eigenvalue weighted by Crippen LogP contribution is 2.29. The maximum atomic E-state index is 12.8. The second-order valence-electron chi connectivity index (χ2n) is 6.96. The van der Waals surface area contributed by atoms with Gasteiger partial charge in [-0.15, -0.1) is 0 Å². The molecule has 0 radical (unpaired) electrons. The van der Waals surface area contributed by atoms with E-state index in [1.807, 2.05) is 68.4 Å². The van der Waals surface area contributed by atoms with Gasteiger partial charge in [-0.2, -0.15) is 0 Å². The monoisotopic (exact) mass is 451 g/mol. The van der Waals surface area contributed by atoms with Gasteiger partial charge in [-0.1, -0.05) is 42.5 Å². The van der Waals surface area contributed by atoms with Crippen LogP contribution < -0.4 is 11.0 Å². The summed E-state index contributed by atoms with van der Waals surface area (Å²) < 4.78 is 4.23. The summed E-state index contributed by atoms with van der Waals surface area (Å²) in [6.07, 6.45) is 0.280. The van der Waals surface area contributed by atoms with Crippen LogP contribution in [0.1, 0.15) is 19.4 Å². The molecule has 0 atom stereocenters. The number of amides is 1. The van der Waals surface area contributed by atoms with Crippen molar-refractivity contribution in [1.82, 2.24) is 9.13 Å². The van der Waals surface area contributed by atoms with E-state index in [1.165, 1.54) is 0 Å². The summed E-state index contributed by atoms with van der Waals surface area (Å²) in [6, 6.07) is 17.8. The third-order valence-corrected chi connectivity index (χ3v) is 5.90. The number of hydrogen-bond donors (Lipinski definition) is 1. The van der Waals surface area contributed by atoms with Gasteiger partial charge in [0.1, 0.15) is 0 Å². The summed E-state index contributed by atoms with van der Waals surface area (Å²) in [4.78, 5) is 25.4. The predicted octanol–water partition coefficient (Wildman–Crippen LogP) is 4.94. The van der Waals surface area contributed by atoms with Crippen LogP contribution in [0.25, 0.3) is 21.8 Å². The number of fused-ring (bicyclic) bond motifs is 2. The Labute approximate surface area is 177 Å². The standard InChI is InChI=1S/C23H22BrN3O2/c1-3-26-20-13-18(24)19(14-21(20)27(4-2)23(26)29)25-22(28)12-16-10-7-9-15-8-5-6-11-17(15)16/h5-11,13-14H,3-4,12H2,1-2H3,(H,25,28). The first kappa shape index (κ1) is 19.5. The Balaban J connectivity index is 1.67. The van der Waals surface area contributed by atoms with Crippen molar-refractivity contribution < 1.29 is 4.79 Å². The first-order chi connectivity index (χ1) is 14.0. The molecule has 1 N–H and O–H groups in total. The number of imidazole rings is 1. The van der Waals surface area contributed by atoms with Crippen molar-refractivity contribution in [1.29, 1.82) is 0 Å². The summed E-state index contributed by atoms with van der Waals surface area (Å²) in [5.41, 5.74) is 3.30. The van der Waals surface area contributed by atoms with Crippen LogP contribution >= 0.6 is 15.9 Å². The normalized spacial score (nSPS) is 11.3. The van der Waals surface area contributed by atoms with E-state index >= 15 is 0 Å². The number of hydrogen-bond acceptors (Lipinski definition) is 2. The number of nitrogens with one attached hydrogen (secondary N) is 1. The molecule has 0 aliphatic heterocycles. The Hall–Kier alpha value is -2.86. The van der Waals surface area contributed by atoms with Crippen LogP contribution in [0.4, 0.5) is 5.69 Å². The number of rotatable bonds is 5. The number of halogens is 1. The van der Waals surface area contributed by atoms with Crippen molar-refractivity contribution in [2.24, 2.45) is 0 Å². The molecule has 0 unspecified atom stereocenters. The zero-order chi connectivity index (χ0) is 20.5. The van der Waals surface area contributed by atoms with Crippen molar-refractivity contribution in [2.75, 3.05) is 5.32 Å². The van der Waals surface area contributed by atoms with E-state index in [-0.39, 0.29) is 18.0 Å². The van der Waals surface area contributed by atoms with Gasteiger partial charge in [-0.3, -0.25) is 13.9 Å². The van der Waals surface area contributed by atoms with Gasteiger partial charge in [-0.05, 0) is 58.2 Å². The molecule has 0 aliphatic rings. The van der Waals surface area contributed by atoms with Gasteiger partial charge in [0.15, 0.2) is 0 Å². The largest absolute Gasteiger partial charge is 0.329 e. The number of aryl methyl sites for hydroxylation is 2. The maximum Gasteiger partial charge on any atom is 0.329 e. The molecule has 0 aliphatic carbocycles. The van der Waals surface area contributed by atoms with Crippen molar-refractivity contribution in [3.8, 4) is 0 Å². The highest BCUT2D eigenvalue weighted by Gasteiger charge is 2.15. The minimum Gasteiger partial charge on any atom is -0.325 e. The summed E-state index contributed by atoms with van der Waals surface area (Å²) in [6.45, 7) is 5.07. The average Bonchev–Trinajstić information content (AvgIpc) is 2.98.